The summed E-state index contributed by atoms with van der Waals surface area (Å²) < 4.78 is 0. The Kier molecular flexibility index (Phi) is 4.00. The van der Waals surface area contributed by atoms with E-state index in [1.165, 1.54) is 24.9 Å². The van der Waals surface area contributed by atoms with Crippen molar-refractivity contribution in [3.63, 3.8) is 0 Å². The molecule has 1 saturated heterocycles. The van der Waals surface area contributed by atoms with Gasteiger partial charge >= 0.3 is 0 Å². The third-order valence-corrected chi connectivity index (χ3v) is 3.79. The molecule has 2 nitrogen and oxygen atoms in total. The van der Waals surface area contributed by atoms with Gasteiger partial charge in [-0.05, 0) is 31.0 Å². The molecule has 0 N–H and O–H groups in total. The molecular weight excluding hydrogens is 275 g/mol. The van der Waals surface area contributed by atoms with Crippen LogP contribution in [-0.2, 0) is 6.54 Å². The lowest BCUT2D eigenvalue weighted by molar-refractivity contribution is 0.228. The number of alkyl halides is 1. The molecule has 1 unspecified atom stereocenters. The fourth-order valence-electron chi connectivity index (χ4n) is 1.92. The third kappa shape index (κ3) is 3.16. The van der Waals surface area contributed by atoms with Gasteiger partial charge in [-0.3, -0.25) is 9.88 Å². The van der Waals surface area contributed by atoms with E-state index in [4.69, 9.17) is 11.6 Å². The van der Waals surface area contributed by atoms with Gasteiger partial charge < -0.3 is 0 Å². The lowest BCUT2D eigenvalue weighted by atomic mass is 10.1. The lowest BCUT2D eigenvalue weighted by Gasteiger charge is -2.30. The molecule has 0 bridgehead atoms. The number of halogens is 2. The summed E-state index contributed by atoms with van der Waals surface area (Å²) in [5.41, 5.74) is 1.17. The summed E-state index contributed by atoms with van der Waals surface area (Å²) in [6.07, 6.45) is 6.06. The maximum atomic E-state index is 6.08. The molecule has 0 amide bonds. The van der Waals surface area contributed by atoms with Crippen LogP contribution in [0.2, 0.25) is 5.02 Å². The van der Waals surface area contributed by atoms with Crippen molar-refractivity contribution in [2.24, 2.45) is 0 Å². The number of aromatic nitrogens is 1. The van der Waals surface area contributed by atoms with Gasteiger partial charge in [-0.25, -0.2) is 0 Å². The van der Waals surface area contributed by atoms with Crippen LogP contribution < -0.4 is 0 Å². The van der Waals surface area contributed by atoms with Crippen LogP contribution in [0.3, 0.4) is 0 Å². The monoisotopic (exact) mass is 288 g/mol. The summed E-state index contributed by atoms with van der Waals surface area (Å²) in [5, 5.41) is 0.772. The van der Waals surface area contributed by atoms with Crippen molar-refractivity contribution >= 4 is 27.5 Å². The quantitative estimate of drug-likeness (QED) is 0.778. The van der Waals surface area contributed by atoms with Gasteiger partial charge in [0.25, 0.3) is 0 Å². The first-order valence-electron chi connectivity index (χ1n) is 5.20. The minimum atomic E-state index is 0.631. The highest BCUT2D eigenvalue weighted by atomic mass is 79.9. The SMILES string of the molecule is Clc1cnccc1CN1CCCC(Br)C1. The van der Waals surface area contributed by atoms with Gasteiger partial charge in [0.05, 0.1) is 5.02 Å². The molecule has 0 saturated carbocycles. The van der Waals surface area contributed by atoms with Gasteiger partial charge in [0.1, 0.15) is 0 Å². The molecule has 1 aromatic heterocycles. The van der Waals surface area contributed by atoms with Crippen LogP contribution >= 0.6 is 27.5 Å². The van der Waals surface area contributed by atoms with Crippen LogP contribution in [0, 0.1) is 0 Å². The number of pyridine rings is 1. The Morgan fingerprint density at radius 2 is 2.47 bits per heavy atom. The molecule has 1 aliphatic heterocycles. The molecule has 15 heavy (non-hydrogen) atoms. The molecule has 0 spiro atoms. The van der Waals surface area contributed by atoms with Crippen molar-refractivity contribution in [1.29, 1.82) is 0 Å². The fraction of sp³-hybridized carbons (Fsp3) is 0.545. The van der Waals surface area contributed by atoms with E-state index in [1.54, 1.807) is 12.4 Å². The Hall–Kier alpha value is -0.120. The minimum absolute atomic E-state index is 0.631. The molecule has 1 aliphatic rings. The first-order chi connectivity index (χ1) is 7.25. The van der Waals surface area contributed by atoms with Crippen LogP contribution in [0.25, 0.3) is 0 Å². The zero-order chi connectivity index (χ0) is 10.7. The molecule has 1 aromatic rings. The molecule has 0 aliphatic carbocycles. The zero-order valence-electron chi connectivity index (χ0n) is 8.50. The smallest absolute Gasteiger partial charge is 0.0634 e. The zero-order valence-corrected chi connectivity index (χ0v) is 10.8. The first kappa shape index (κ1) is 11.4. The number of hydrogen-bond acceptors (Lipinski definition) is 2. The topological polar surface area (TPSA) is 16.1 Å². The number of likely N-dealkylation sites (tertiary alicyclic amines) is 1. The van der Waals surface area contributed by atoms with Crippen LogP contribution in [0.5, 0.6) is 0 Å². The molecule has 82 valence electrons. The standard InChI is InChI=1S/C11H14BrClN2/c12-10-2-1-5-15(8-10)7-9-3-4-14-6-11(9)13/h3-4,6,10H,1-2,5,7-8H2. The highest BCUT2D eigenvalue weighted by molar-refractivity contribution is 9.09. The molecule has 0 radical (unpaired) electrons. The van der Waals surface area contributed by atoms with Gasteiger partial charge in [0, 0.05) is 30.3 Å². The summed E-state index contributed by atoms with van der Waals surface area (Å²) in [6.45, 7) is 3.21. The highest BCUT2D eigenvalue weighted by Crippen LogP contribution is 2.21. The lowest BCUT2D eigenvalue weighted by Crippen LogP contribution is -2.35. The van der Waals surface area contributed by atoms with E-state index in [0.29, 0.717) is 4.83 Å². The summed E-state index contributed by atoms with van der Waals surface area (Å²) in [4.78, 5) is 7.06. The van der Waals surface area contributed by atoms with Crippen LogP contribution in [-0.4, -0.2) is 27.8 Å². The van der Waals surface area contributed by atoms with Crippen molar-refractivity contribution in [3.05, 3.63) is 29.0 Å². The molecule has 2 heterocycles. The Balaban J connectivity index is 1.99. The van der Waals surface area contributed by atoms with Crippen molar-refractivity contribution < 1.29 is 0 Å². The summed E-state index contributed by atoms with van der Waals surface area (Å²) in [5.74, 6) is 0. The van der Waals surface area contributed by atoms with Crippen LogP contribution in [0.4, 0.5) is 0 Å². The van der Waals surface area contributed by atoms with E-state index < -0.39 is 0 Å². The molecule has 1 atom stereocenters. The largest absolute Gasteiger partial charge is 0.298 e. The molecular formula is C11H14BrClN2. The Morgan fingerprint density at radius 1 is 1.60 bits per heavy atom. The average Bonchev–Trinajstić information content (AvgIpc) is 2.22. The molecule has 2 rings (SSSR count). The van der Waals surface area contributed by atoms with Crippen molar-refractivity contribution in [3.8, 4) is 0 Å². The van der Waals surface area contributed by atoms with Crippen molar-refractivity contribution in [1.82, 2.24) is 9.88 Å². The second kappa shape index (κ2) is 5.28. The number of nitrogens with zero attached hydrogens (tertiary/aromatic N) is 2. The van der Waals surface area contributed by atoms with E-state index in [9.17, 15) is 0 Å². The Labute approximate surface area is 104 Å². The van der Waals surface area contributed by atoms with E-state index in [0.717, 1.165) is 18.1 Å². The predicted octanol–water partition coefficient (Wildman–Crippen LogP) is 3.09. The van der Waals surface area contributed by atoms with Gasteiger partial charge in [0.15, 0.2) is 0 Å². The van der Waals surface area contributed by atoms with Gasteiger partial charge in [0.2, 0.25) is 0 Å². The number of piperidine rings is 1. The maximum Gasteiger partial charge on any atom is 0.0634 e. The fourth-order valence-corrected chi connectivity index (χ4v) is 2.83. The summed E-state index contributed by atoms with van der Waals surface area (Å²) in [7, 11) is 0. The molecule has 0 aromatic carbocycles. The first-order valence-corrected chi connectivity index (χ1v) is 6.50. The Bertz CT molecular complexity index is 332. The summed E-state index contributed by atoms with van der Waals surface area (Å²) in [6, 6.07) is 2.00. The predicted molar refractivity (Wildman–Crippen MR) is 66.5 cm³/mol. The van der Waals surface area contributed by atoms with E-state index in [2.05, 4.69) is 25.8 Å². The second-order valence-electron chi connectivity index (χ2n) is 3.94. The van der Waals surface area contributed by atoms with Crippen LogP contribution in [0.1, 0.15) is 18.4 Å². The van der Waals surface area contributed by atoms with E-state index in [-0.39, 0.29) is 0 Å². The second-order valence-corrected chi connectivity index (χ2v) is 5.64. The van der Waals surface area contributed by atoms with Gasteiger partial charge in [-0.15, -0.1) is 0 Å². The number of rotatable bonds is 2. The van der Waals surface area contributed by atoms with E-state index in [1.807, 2.05) is 6.07 Å². The van der Waals surface area contributed by atoms with E-state index >= 15 is 0 Å². The van der Waals surface area contributed by atoms with Crippen molar-refractivity contribution in [2.45, 2.75) is 24.2 Å². The number of hydrogen-bond donors (Lipinski definition) is 0. The molecule has 4 heteroatoms. The summed E-state index contributed by atoms with van der Waals surface area (Å²) >= 11 is 9.75. The Morgan fingerprint density at radius 3 is 3.20 bits per heavy atom. The third-order valence-electron chi connectivity index (χ3n) is 2.70. The van der Waals surface area contributed by atoms with Crippen molar-refractivity contribution in [2.75, 3.05) is 13.1 Å². The van der Waals surface area contributed by atoms with Crippen LogP contribution in [0.15, 0.2) is 18.5 Å². The van der Waals surface area contributed by atoms with Gasteiger partial charge in [-0.1, -0.05) is 27.5 Å². The normalized spacial score (nSPS) is 22.9. The molecule has 1 fully saturated rings. The highest BCUT2D eigenvalue weighted by Gasteiger charge is 2.17. The minimum Gasteiger partial charge on any atom is -0.298 e. The average molecular weight is 290 g/mol. The van der Waals surface area contributed by atoms with Gasteiger partial charge in [-0.2, -0.15) is 0 Å². The maximum absolute atomic E-state index is 6.08.